The maximum atomic E-state index is 13.6. The van der Waals surface area contributed by atoms with Crippen LogP contribution < -0.4 is 10.6 Å². The summed E-state index contributed by atoms with van der Waals surface area (Å²) in [5, 5.41) is 7.25. The minimum Gasteiger partial charge on any atom is -0.324 e. The number of imide groups is 1. The van der Waals surface area contributed by atoms with Crippen LogP contribution in [-0.4, -0.2) is 29.3 Å². The number of thiophene rings is 1. The Labute approximate surface area is 159 Å². The lowest BCUT2D eigenvalue weighted by Gasteiger charge is -2.31. The molecule has 1 fully saturated rings. The van der Waals surface area contributed by atoms with Gasteiger partial charge in [-0.05, 0) is 55.3 Å². The molecule has 1 atom stereocenters. The van der Waals surface area contributed by atoms with E-state index in [1.807, 2.05) is 11.4 Å². The summed E-state index contributed by atoms with van der Waals surface area (Å²) >= 11 is 1.57. The highest BCUT2D eigenvalue weighted by molar-refractivity contribution is 7.10. The molecule has 2 N–H and O–H groups in total. The van der Waals surface area contributed by atoms with Crippen LogP contribution in [0.4, 0.5) is 14.9 Å². The van der Waals surface area contributed by atoms with Crippen molar-refractivity contribution in [1.29, 1.82) is 0 Å². The molecule has 8 heteroatoms. The van der Waals surface area contributed by atoms with E-state index in [0.717, 1.165) is 28.2 Å². The van der Waals surface area contributed by atoms with Gasteiger partial charge in [-0.25, -0.2) is 9.18 Å². The summed E-state index contributed by atoms with van der Waals surface area (Å²) in [6.07, 6.45) is 2.20. The molecule has 140 valence electrons. The van der Waals surface area contributed by atoms with Crippen molar-refractivity contribution >= 4 is 34.9 Å². The van der Waals surface area contributed by atoms with E-state index in [0.29, 0.717) is 12.0 Å². The zero-order chi connectivity index (χ0) is 19.2. The quantitative estimate of drug-likeness (QED) is 0.795. The number of hydrogen-bond acceptors (Lipinski definition) is 4. The van der Waals surface area contributed by atoms with E-state index in [9.17, 15) is 18.8 Å². The molecule has 0 radical (unpaired) electrons. The number of fused-ring (bicyclic) bond motifs is 2. The zero-order valence-corrected chi connectivity index (χ0v) is 15.5. The number of benzene rings is 1. The summed E-state index contributed by atoms with van der Waals surface area (Å²) in [6, 6.07) is 5.62. The van der Waals surface area contributed by atoms with Crippen molar-refractivity contribution in [3.63, 3.8) is 0 Å². The maximum absolute atomic E-state index is 13.6. The van der Waals surface area contributed by atoms with Crippen LogP contribution >= 0.6 is 11.3 Å². The molecule has 6 nitrogen and oxygen atoms in total. The summed E-state index contributed by atoms with van der Waals surface area (Å²) in [4.78, 5) is 39.8. The van der Waals surface area contributed by atoms with E-state index >= 15 is 0 Å². The van der Waals surface area contributed by atoms with Crippen LogP contribution in [0.2, 0.25) is 0 Å². The van der Waals surface area contributed by atoms with E-state index in [2.05, 4.69) is 10.6 Å². The van der Waals surface area contributed by atoms with Crippen LogP contribution in [0.1, 0.15) is 28.8 Å². The molecule has 2 aliphatic rings. The van der Waals surface area contributed by atoms with Gasteiger partial charge in [-0.2, -0.15) is 0 Å². The van der Waals surface area contributed by atoms with Crippen LogP contribution in [0, 0.1) is 12.7 Å². The Morgan fingerprint density at radius 2 is 2.19 bits per heavy atom. The topological polar surface area (TPSA) is 78.5 Å². The first-order valence-electron chi connectivity index (χ1n) is 8.68. The van der Waals surface area contributed by atoms with E-state index in [1.165, 1.54) is 6.07 Å². The van der Waals surface area contributed by atoms with E-state index in [-0.39, 0.29) is 5.69 Å². The molecule has 0 bridgehead atoms. The summed E-state index contributed by atoms with van der Waals surface area (Å²) < 4.78 is 13.6. The minimum absolute atomic E-state index is 0.280. The molecule has 4 rings (SSSR count). The zero-order valence-electron chi connectivity index (χ0n) is 14.7. The van der Waals surface area contributed by atoms with Gasteiger partial charge in [-0.3, -0.25) is 14.5 Å². The van der Waals surface area contributed by atoms with Crippen molar-refractivity contribution in [2.45, 2.75) is 31.7 Å². The second-order valence-corrected chi connectivity index (χ2v) is 7.85. The van der Waals surface area contributed by atoms with Crippen molar-refractivity contribution in [2.75, 3.05) is 11.9 Å². The van der Waals surface area contributed by atoms with E-state index in [4.69, 9.17) is 0 Å². The number of urea groups is 1. The fourth-order valence-corrected chi connectivity index (χ4v) is 4.70. The third kappa shape index (κ3) is 2.90. The molecule has 1 spiro atoms. The van der Waals surface area contributed by atoms with Gasteiger partial charge < -0.3 is 10.6 Å². The lowest BCUT2D eigenvalue weighted by atomic mass is 9.80. The Bertz CT molecular complexity index is 957. The number of halogens is 1. The maximum Gasteiger partial charge on any atom is 0.325 e. The predicted molar refractivity (Wildman–Crippen MR) is 98.9 cm³/mol. The van der Waals surface area contributed by atoms with Crippen LogP contribution in [0.3, 0.4) is 0 Å². The molecule has 1 saturated heterocycles. The van der Waals surface area contributed by atoms with Gasteiger partial charge in [0.2, 0.25) is 5.91 Å². The SMILES string of the molecule is Cc1ccc(NC(=O)CN2C(=O)N[C@]3(CCCc4sccc43)C2=O)cc1F. The van der Waals surface area contributed by atoms with Crippen LogP contribution in [0.15, 0.2) is 29.6 Å². The van der Waals surface area contributed by atoms with Crippen LogP contribution in [0.5, 0.6) is 0 Å². The Hall–Kier alpha value is -2.74. The van der Waals surface area contributed by atoms with Crippen molar-refractivity contribution in [2.24, 2.45) is 0 Å². The monoisotopic (exact) mass is 387 g/mol. The number of amides is 4. The number of rotatable bonds is 3. The third-order valence-electron chi connectivity index (χ3n) is 5.09. The molecule has 1 aromatic carbocycles. The highest BCUT2D eigenvalue weighted by atomic mass is 32.1. The standard InChI is InChI=1S/C19H18FN3O3S/c1-11-4-5-12(9-14(11)20)21-16(24)10-23-17(25)19(22-18(23)26)7-2-3-15-13(19)6-8-27-15/h4-6,8-9H,2-3,7,10H2,1H3,(H,21,24)(H,22,26)/t19-/m0/s1. The number of aryl methyl sites for hydroxylation is 2. The molecule has 2 heterocycles. The minimum atomic E-state index is -1.07. The number of anilines is 1. The number of carbonyl (C=O) groups is 3. The van der Waals surface area contributed by atoms with Gasteiger partial charge in [0.05, 0.1) is 0 Å². The largest absolute Gasteiger partial charge is 0.325 e. The van der Waals surface area contributed by atoms with Crippen molar-refractivity contribution in [1.82, 2.24) is 10.2 Å². The fraction of sp³-hybridized carbons (Fsp3) is 0.316. The van der Waals surface area contributed by atoms with E-state index in [1.54, 1.807) is 30.4 Å². The molecule has 27 heavy (non-hydrogen) atoms. The molecule has 4 amide bonds. The molecule has 1 aromatic heterocycles. The molecule has 2 aromatic rings. The van der Waals surface area contributed by atoms with Crippen molar-refractivity contribution in [3.8, 4) is 0 Å². The van der Waals surface area contributed by atoms with Crippen LogP contribution in [-0.2, 0) is 21.5 Å². The number of hydrogen-bond donors (Lipinski definition) is 2. The first-order chi connectivity index (χ1) is 12.9. The predicted octanol–water partition coefficient (Wildman–Crippen LogP) is 2.92. The Kier molecular flexibility index (Phi) is 4.22. The smallest absolute Gasteiger partial charge is 0.324 e. The summed E-state index contributed by atoms with van der Waals surface area (Å²) in [5.41, 5.74) is 0.511. The first-order valence-corrected chi connectivity index (χ1v) is 9.55. The van der Waals surface area contributed by atoms with Crippen LogP contribution in [0.25, 0.3) is 0 Å². The fourth-order valence-electron chi connectivity index (χ4n) is 3.70. The second kappa shape index (κ2) is 6.45. The van der Waals surface area contributed by atoms with Gasteiger partial charge in [0.1, 0.15) is 17.9 Å². The van der Waals surface area contributed by atoms with Gasteiger partial charge in [0.15, 0.2) is 0 Å². The molecular formula is C19H18FN3O3S. The molecular weight excluding hydrogens is 369 g/mol. The summed E-state index contributed by atoms with van der Waals surface area (Å²) in [7, 11) is 0. The Morgan fingerprint density at radius 3 is 2.96 bits per heavy atom. The highest BCUT2D eigenvalue weighted by Gasteiger charge is 2.54. The van der Waals surface area contributed by atoms with Gasteiger partial charge in [0.25, 0.3) is 5.91 Å². The van der Waals surface area contributed by atoms with Gasteiger partial charge in [-0.1, -0.05) is 6.07 Å². The first kappa shape index (κ1) is 17.7. The van der Waals surface area contributed by atoms with Gasteiger partial charge in [-0.15, -0.1) is 11.3 Å². The molecule has 0 unspecified atom stereocenters. The number of nitrogens with one attached hydrogen (secondary N) is 2. The normalized spacial score (nSPS) is 21.3. The summed E-state index contributed by atoms with van der Waals surface area (Å²) in [6.45, 7) is 1.21. The third-order valence-corrected chi connectivity index (χ3v) is 6.07. The number of carbonyl (C=O) groups excluding carboxylic acids is 3. The Morgan fingerprint density at radius 1 is 1.37 bits per heavy atom. The van der Waals surface area contributed by atoms with Crippen molar-refractivity contribution in [3.05, 3.63) is 51.5 Å². The molecule has 1 aliphatic heterocycles. The average Bonchev–Trinajstić information content (AvgIpc) is 3.19. The second-order valence-electron chi connectivity index (χ2n) is 6.85. The summed E-state index contributed by atoms with van der Waals surface area (Å²) in [5.74, 6) is -1.40. The van der Waals surface area contributed by atoms with E-state index < -0.39 is 35.7 Å². The molecule has 0 saturated carbocycles. The molecule has 1 aliphatic carbocycles. The highest BCUT2D eigenvalue weighted by Crippen LogP contribution is 2.42. The number of nitrogens with zero attached hydrogens (tertiary/aromatic N) is 1. The Balaban J connectivity index is 1.52. The van der Waals surface area contributed by atoms with Gasteiger partial charge >= 0.3 is 6.03 Å². The average molecular weight is 387 g/mol. The lowest BCUT2D eigenvalue weighted by Crippen LogP contribution is -2.46. The lowest BCUT2D eigenvalue weighted by molar-refractivity contribution is -0.134. The van der Waals surface area contributed by atoms with Gasteiger partial charge in [0, 0.05) is 16.1 Å². The van der Waals surface area contributed by atoms with Crippen molar-refractivity contribution < 1.29 is 18.8 Å².